The number of nitrogens with one attached hydrogen (secondary N) is 1. The molecule has 18 heavy (non-hydrogen) atoms. The van der Waals surface area contributed by atoms with E-state index in [2.05, 4.69) is 11.4 Å². The van der Waals surface area contributed by atoms with Gasteiger partial charge in [-0.3, -0.25) is 0 Å². The van der Waals surface area contributed by atoms with Gasteiger partial charge in [0, 0.05) is 19.0 Å². The van der Waals surface area contributed by atoms with E-state index in [-0.39, 0.29) is 5.82 Å². The summed E-state index contributed by atoms with van der Waals surface area (Å²) in [6.45, 7) is 0.728. The maximum Gasteiger partial charge on any atom is 0.123 e. The first kappa shape index (κ1) is 13.0. The smallest absolute Gasteiger partial charge is 0.123 e. The molecule has 0 bridgehead atoms. The Morgan fingerprint density at radius 2 is 2.06 bits per heavy atom. The van der Waals surface area contributed by atoms with E-state index in [1.165, 1.54) is 6.07 Å². The van der Waals surface area contributed by atoms with E-state index >= 15 is 0 Å². The quantitative estimate of drug-likeness (QED) is 0.884. The molecule has 1 saturated carbocycles. The van der Waals surface area contributed by atoms with Crippen LogP contribution in [0.4, 0.5) is 4.39 Å². The van der Waals surface area contributed by atoms with Gasteiger partial charge in [-0.25, -0.2) is 4.39 Å². The molecule has 1 aliphatic carbocycles. The fourth-order valence-electron chi connectivity index (χ4n) is 2.61. The first-order valence-electron chi connectivity index (χ1n) is 6.62. The second kappa shape index (κ2) is 6.51. The van der Waals surface area contributed by atoms with E-state index in [4.69, 9.17) is 5.26 Å². The lowest BCUT2D eigenvalue weighted by atomic mass is 9.84. The molecule has 1 aromatic rings. The zero-order valence-corrected chi connectivity index (χ0v) is 10.5. The van der Waals surface area contributed by atoms with Crippen LogP contribution in [0, 0.1) is 23.1 Å². The predicted octanol–water partition coefficient (Wildman–Crippen LogP) is 3.39. The Balaban J connectivity index is 1.74. The molecule has 2 rings (SSSR count). The molecule has 0 amide bonds. The van der Waals surface area contributed by atoms with Gasteiger partial charge in [0.05, 0.1) is 6.07 Å². The number of benzene rings is 1. The first-order chi connectivity index (χ1) is 8.78. The minimum Gasteiger partial charge on any atom is -0.310 e. The summed E-state index contributed by atoms with van der Waals surface area (Å²) in [5.41, 5.74) is 0.995. The molecule has 1 fully saturated rings. The summed E-state index contributed by atoms with van der Waals surface area (Å²) in [5, 5.41) is 12.1. The molecule has 0 radical (unpaired) electrons. The summed E-state index contributed by atoms with van der Waals surface area (Å²) in [5.74, 6) is 0.411. The summed E-state index contributed by atoms with van der Waals surface area (Å²) in [4.78, 5) is 0. The van der Waals surface area contributed by atoms with Crippen molar-refractivity contribution in [1.82, 2.24) is 5.32 Å². The maximum atomic E-state index is 13.0. The Labute approximate surface area is 108 Å². The van der Waals surface area contributed by atoms with Gasteiger partial charge in [-0.15, -0.1) is 0 Å². The molecule has 0 aromatic heterocycles. The van der Waals surface area contributed by atoms with Crippen LogP contribution in [0.1, 0.15) is 37.7 Å². The van der Waals surface area contributed by atoms with E-state index in [0.29, 0.717) is 18.4 Å². The van der Waals surface area contributed by atoms with Crippen molar-refractivity contribution >= 4 is 0 Å². The highest BCUT2D eigenvalue weighted by atomic mass is 19.1. The number of hydrogen-bond acceptors (Lipinski definition) is 2. The molecule has 2 nitrogen and oxygen atoms in total. The Kier molecular flexibility index (Phi) is 4.72. The molecule has 1 aliphatic rings. The van der Waals surface area contributed by atoms with Crippen LogP contribution < -0.4 is 5.32 Å². The van der Waals surface area contributed by atoms with Crippen molar-refractivity contribution < 1.29 is 4.39 Å². The van der Waals surface area contributed by atoms with Gasteiger partial charge >= 0.3 is 0 Å². The molecule has 3 heteroatoms. The van der Waals surface area contributed by atoms with Gasteiger partial charge in [0.2, 0.25) is 0 Å². The summed E-state index contributed by atoms with van der Waals surface area (Å²) < 4.78 is 13.0. The second-order valence-corrected chi connectivity index (χ2v) is 5.09. The lowest BCUT2D eigenvalue weighted by Crippen LogP contribution is -2.32. The van der Waals surface area contributed by atoms with Crippen LogP contribution in [0.15, 0.2) is 24.3 Å². The SMILES string of the molecule is N#CC[C@H]1CC[C@H](NCc2cccc(F)c2)CC1. The summed E-state index contributed by atoms with van der Waals surface area (Å²) in [6.07, 6.45) is 5.21. The van der Waals surface area contributed by atoms with E-state index < -0.39 is 0 Å². The number of rotatable bonds is 4. The van der Waals surface area contributed by atoms with Crippen molar-refractivity contribution in [3.8, 4) is 6.07 Å². The molecule has 0 aliphatic heterocycles. The second-order valence-electron chi connectivity index (χ2n) is 5.09. The lowest BCUT2D eigenvalue weighted by molar-refractivity contribution is 0.294. The average Bonchev–Trinajstić information content (AvgIpc) is 2.38. The number of nitrogens with zero attached hydrogens (tertiary/aromatic N) is 1. The van der Waals surface area contributed by atoms with Gasteiger partial charge in [-0.2, -0.15) is 5.26 Å². The highest BCUT2D eigenvalue weighted by Gasteiger charge is 2.20. The van der Waals surface area contributed by atoms with Crippen LogP contribution in [0.25, 0.3) is 0 Å². The van der Waals surface area contributed by atoms with Gasteiger partial charge < -0.3 is 5.32 Å². The Morgan fingerprint density at radius 3 is 2.72 bits per heavy atom. The molecule has 1 aromatic carbocycles. The molecular weight excluding hydrogens is 227 g/mol. The average molecular weight is 246 g/mol. The normalized spacial score (nSPS) is 23.6. The number of nitriles is 1. The van der Waals surface area contributed by atoms with Gasteiger partial charge in [-0.1, -0.05) is 12.1 Å². The third-order valence-electron chi connectivity index (χ3n) is 3.71. The van der Waals surface area contributed by atoms with E-state index in [0.717, 1.165) is 37.8 Å². The highest BCUT2D eigenvalue weighted by Crippen LogP contribution is 2.26. The van der Waals surface area contributed by atoms with Gasteiger partial charge in [0.15, 0.2) is 0 Å². The lowest BCUT2D eigenvalue weighted by Gasteiger charge is -2.28. The molecular formula is C15H19FN2. The van der Waals surface area contributed by atoms with Crippen LogP contribution in [-0.2, 0) is 6.54 Å². The van der Waals surface area contributed by atoms with Gasteiger partial charge in [0.25, 0.3) is 0 Å². The fraction of sp³-hybridized carbons (Fsp3) is 0.533. The molecule has 1 N–H and O–H groups in total. The van der Waals surface area contributed by atoms with Crippen molar-refractivity contribution in [3.05, 3.63) is 35.6 Å². The predicted molar refractivity (Wildman–Crippen MR) is 69.2 cm³/mol. The van der Waals surface area contributed by atoms with Crippen molar-refractivity contribution in [1.29, 1.82) is 5.26 Å². The summed E-state index contributed by atoms with van der Waals surface area (Å²) >= 11 is 0. The Morgan fingerprint density at radius 1 is 1.28 bits per heavy atom. The van der Waals surface area contributed by atoms with Crippen LogP contribution in [0.5, 0.6) is 0 Å². The minimum atomic E-state index is -0.174. The maximum absolute atomic E-state index is 13.0. The molecule has 0 heterocycles. The van der Waals surface area contributed by atoms with Crippen LogP contribution in [-0.4, -0.2) is 6.04 Å². The molecule has 0 unspecified atom stereocenters. The first-order valence-corrected chi connectivity index (χ1v) is 6.62. The van der Waals surface area contributed by atoms with Gasteiger partial charge in [-0.05, 0) is 49.3 Å². The van der Waals surface area contributed by atoms with Crippen molar-refractivity contribution in [3.63, 3.8) is 0 Å². The summed E-state index contributed by atoms with van der Waals surface area (Å²) in [7, 11) is 0. The van der Waals surface area contributed by atoms with Crippen LogP contribution in [0.3, 0.4) is 0 Å². The largest absolute Gasteiger partial charge is 0.310 e. The topological polar surface area (TPSA) is 35.8 Å². The van der Waals surface area contributed by atoms with E-state index in [9.17, 15) is 4.39 Å². The number of halogens is 1. The van der Waals surface area contributed by atoms with E-state index in [1.807, 2.05) is 6.07 Å². The zero-order valence-electron chi connectivity index (χ0n) is 10.5. The highest BCUT2D eigenvalue weighted by molar-refractivity contribution is 5.16. The third kappa shape index (κ3) is 3.82. The standard InChI is InChI=1S/C15H19FN2/c16-14-3-1-2-13(10-14)11-18-15-6-4-12(5-7-15)8-9-17/h1-3,10,12,15,18H,4-8,11H2/t12-,15-. The van der Waals surface area contributed by atoms with Gasteiger partial charge in [0.1, 0.15) is 5.82 Å². The van der Waals surface area contributed by atoms with Crippen LogP contribution in [0.2, 0.25) is 0 Å². The zero-order chi connectivity index (χ0) is 12.8. The molecule has 0 spiro atoms. The van der Waals surface area contributed by atoms with Crippen molar-refractivity contribution in [2.24, 2.45) is 5.92 Å². The monoisotopic (exact) mass is 246 g/mol. The molecule has 0 saturated heterocycles. The fourth-order valence-corrected chi connectivity index (χ4v) is 2.61. The number of hydrogen-bond donors (Lipinski definition) is 1. The molecule has 96 valence electrons. The summed E-state index contributed by atoms with van der Waals surface area (Å²) in [6, 6.07) is 9.51. The Bertz CT molecular complexity index is 417. The molecule has 0 atom stereocenters. The van der Waals surface area contributed by atoms with Crippen molar-refractivity contribution in [2.45, 2.75) is 44.7 Å². The Hall–Kier alpha value is -1.40. The van der Waals surface area contributed by atoms with E-state index in [1.54, 1.807) is 12.1 Å². The van der Waals surface area contributed by atoms with Crippen molar-refractivity contribution in [2.75, 3.05) is 0 Å². The third-order valence-corrected chi connectivity index (χ3v) is 3.71. The van der Waals surface area contributed by atoms with Crippen LogP contribution >= 0.6 is 0 Å². The minimum absolute atomic E-state index is 0.174.